The molecule has 1 aromatic carbocycles. The molecule has 0 radical (unpaired) electrons. The summed E-state index contributed by atoms with van der Waals surface area (Å²) in [4.78, 5) is 1.31. The van der Waals surface area contributed by atoms with Gasteiger partial charge in [0.05, 0.1) is 5.25 Å². The first-order valence-electron chi connectivity index (χ1n) is 10.9. The van der Waals surface area contributed by atoms with E-state index in [4.69, 9.17) is 16.0 Å². The third kappa shape index (κ3) is 4.77. The maximum Gasteiger partial charge on any atom is 0.247 e. The molecule has 0 aliphatic heterocycles. The van der Waals surface area contributed by atoms with Crippen LogP contribution in [0.2, 0.25) is 5.02 Å². The zero-order chi connectivity index (χ0) is 21.9. The van der Waals surface area contributed by atoms with E-state index in [9.17, 15) is 0 Å². The Morgan fingerprint density at radius 2 is 2.00 bits per heavy atom. The molecule has 1 saturated carbocycles. The molecule has 1 aliphatic carbocycles. The minimum absolute atomic E-state index is 0.0448. The summed E-state index contributed by atoms with van der Waals surface area (Å²) in [5, 5.41) is 21.3. The normalized spacial score (nSPS) is 15.8. The third-order valence-electron chi connectivity index (χ3n) is 5.73. The first-order valence-corrected chi connectivity index (χ1v) is 13.0. The van der Waals surface area contributed by atoms with Crippen LogP contribution in [0.3, 0.4) is 0 Å². The van der Waals surface area contributed by atoms with Crippen molar-refractivity contribution >= 4 is 34.7 Å². The Hall–Kier alpha value is -2.16. The second kappa shape index (κ2) is 9.77. The molecule has 1 fully saturated rings. The molecule has 0 amide bonds. The van der Waals surface area contributed by atoms with Crippen molar-refractivity contribution < 1.29 is 4.42 Å². The Kier molecular flexibility index (Phi) is 6.62. The van der Waals surface area contributed by atoms with Gasteiger partial charge in [-0.1, -0.05) is 54.8 Å². The van der Waals surface area contributed by atoms with Crippen molar-refractivity contribution in [2.45, 2.75) is 61.9 Å². The second-order valence-electron chi connectivity index (χ2n) is 8.03. The first-order chi connectivity index (χ1) is 15.7. The largest absolute Gasteiger partial charge is 0.419 e. The summed E-state index contributed by atoms with van der Waals surface area (Å²) < 4.78 is 8.35. The molecule has 32 heavy (non-hydrogen) atoms. The van der Waals surface area contributed by atoms with Crippen LogP contribution < -0.4 is 0 Å². The average Bonchev–Trinajstić information content (AvgIpc) is 3.56. The predicted molar refractivity (Wildman–Crippen MR) is 128 cm³/mol. The number of thiophene rings is 1. The van der Waals surface area contributed by atoms with Crippen LogP contribution in [0.1, 0.15) is 66.9 Å². The van der Waals surface area contributed by atoms with Gasteiger partial charge >= 0.3 is 0 Å². The van der Waals surface area contributed by atoms with Gasteiger partial charge in [0.25, 0.3) is 0 Å². The van der Waals surface area contributed by atoms with E-state index in [1.165, 1.54) is 37.0 Å². The Balaban J connectivity index is 1.39. The number of nitrogens with zero attached hydrogens (tertiary/aromatic N) is 5. The van der Waals surface area contributed by atoms with Gasteiger partial charge < -0.3 is 8.98 Å². The molecule has 4 aromatic rings. The Labute approximate surface area is 200 Å². The van der Waals surface area contributed by atoms with Crippen molar-refractivity contribution in [1.82, 2.24) is 25.0 Å². The van der Waals surface area contributed by atoms with E-state index in [0.29, 0.717) is 22.8 Å². The maximum absolute atomic E-state index is 6.10. The standard InChI is InChI=1S/C23H24ClN5OS2/c1-15(21-26-27-22(30-21)16-7-5-8-17(24)13-16)32-23-28-25-20(14-19-11-6-12-31-19)29(23)18-9-3-2-4-10-18/h5-8,11-13,15,18H,2-4,9-10,14H2,1H3/t15-/m0/s1. The molecule has 0 saturated heterocycles. The van der Waals surface area contributed by atoms with Crippen molar-refractivity contribution in [2.75, 3.05) is 0 Å². The van der Waals surface area contributed by atoms with Gasteiger partial charge in [0.2, 0.25) is 11.8 Å². The number of hydrogen-bond donors (Lipinski definition) is 0. The predicted octanol–water partition coefficient (Wildman–Crippen LogP) is 6.99. The molecule has 0 N–H and O–H groups in total. The molecule has 9 heteroatoms. The number of halogens is 1. The molecule has 1 aliphatic rings. The molecule has 0 unspecified atom stereocenters. The summed E-state index contributed by atoms with van der Waals surface area (Å²) in [5.41, 5.74) is 0.817. The lowest BCUT2D eigenvalue weighted by Gasteiger charge is -2.26. The van der Waals surface area contributed by atoms with Gasteiger partial charge in [-0.05, 0) is 49.4 Å². The molecular weight excluding hydrogens is 462 g/mol. The molecule has 1 atom stereocenters. The van der Waals surface area contributed by atoms with Crippen LogP contribution in [0.5, 0.6) is 0 Å². The third-order valence-corrected chi connectivity index (χ3v) is 7.89. The van der Waals surface area contributed by atoms with Gasteiger partial charge in [0.15, 0.2) is 5.16 Å². The second-order valence-corrected chi connectivity index (χ2v) is 10.8. The topological polar surface area (TPSA) is 69.6 Å². The van der Waals surface area contributed by atoms with E-state index in [2.05, 4.69) is 49.4 Å². The molecule has 3 heterocycles. The lowest BCUT2D eigenvalue weighted by atomic mass is 9.95. The Bertz CT molecular complexity index is 1170. The van der Waals surface area contributed by atoms with E-state index in [1.54, 1.807) is 23.1 Å². The molecule has 3 aromatic heterocycles. The van der Waals surface area contributed by atoms with Crippen LogP contribution in [-0.4, -0.2) is 25.0 Å². The number of hydrogen-bond acceptors (Lipinski definition) is 7. The summed E-state index contributed by atoms with van der Waals surface area (Å²) in [6.07, 6.45) is 7.00. The van der Waals surface area contributed by atoms with Crippen LogP contribution in [0.25, 0.3) is 11.5 Å². The lowest BCUT2D eigenvalue weighted by molar-refractivity contribution is 0.330. The van der Waals surface area contributed by atoms with Crippen molar-refractivity contribution in [3.8, 4) is 11.5 Å². The first kappa shape index (κ1) is 21.7. The van der Waals surface area contributed by atoms with Gasteiger partial charge in [-0.2, -0.15) is 0 Å². The zero-order valence-electron chi connectivity index (χ0n) is 17.8. The highest BCUT2D eigenvalue weighted by atomic mass is 35.5. The smallest absolute Gasteiger partial charge is 0.247 e. The van der Waals surface area contributed by atoms with E-state index in [0.717, 1.165) is 23.0 Å². The monoisotopic (exact) mass is 485 g/mol. The van der Waals surface area contributed by atoms with Gasteiger partial charge in [-0.25, -0.2) is 0 Å². The maximum atomic E-state index is 6.10. The van der Waals surface area contributed by atoms with Crippen LogP contribution in [0.4, 0.5) is 0 Å². The summed E-state index contributed by atoms with van der Waals surface area (Å²) in [6, 6.07) is 12.1. The zero-order valence-corrected chi connectivity index (χ0v) is 20.2. The summed E-state index contributed by atoms with van der Waals surface area (Å²) in [6.45, 7) is 2.07. The van der Waals surface area contributed by atoms with Crippen molar-refractivity contribution in [3.05, 3.63) is 63.4 Å². The summed E-state index contributed by atoms with van der Waals surface area (Å²) >= 11 is 9.50. The van der Waals surface area contributed by atoms with E-state index in [1.807, 2.05) is 24.3 Å². The number of rotatable bonds is 7. The molecule has 6 nitrogen and oxygen atoms in total. The van der Waals surface area contributed by atoms with Gasteiger partial charge in [0.1, 0.15) is 5.82 Å². The highest BCUT2D eigenvalue weighted by Crippen LogP contribution is 2.39. The Morgan fingerprint density at radius 3 is 2.78 bits per heavy atom. The Morgan fingerprint density at radius 1 is 1.12 bits per heavy atom. The minimum Gasteiger partial charge on any atom is -0.419 e. The van der Waals surface area contributed by atoms with Gasteiger partial charge in [-0.15, -0.1) is 31.7 Å². The van der Waals surface area contributed by atoms with Crippen LogP contribution >= 0.6 is 34.7 Å². The lowest BCUT2D eigenvalue weighted by Crippen LogP contribution is -2.17. The fourth-order valence-electron chi connectivity index (χ4n) is 4.13. The quantitative estimate of drug-likeness (QED) is 0.262. The van der Waals surface area contributed by atoms with Crippen molar-refractivity contribution in [1.29, 1.82) is 0 Å². The number of aromatic nitrogens is 5. The van der Waals surface area contributed by atoms with Gasteiger partial charge in [-0.3, -0.25) is 0 Å². The number of benzene rings is 1. The van der Waals surface area contributed by atoms with Crippen molar-refractivity contribution in [2.24, 2.45) is 0 Å². The van der Waals surface area contributed by atoms with Crippen LogP contribution in [-0.2, 0) is 6.42 Å². The molecule has 0 spiro atoms. The van der Waals surface area contributed by atoms with Crippen LogP contribution in [0.15, 0.2) is 51.4 Å². The number of thioether (sulfide) groups is 1. The fraction of sp³-hybridized carbons (Fsp3) is 0.391. The van der Waals surface area contributed by atoms with E-state index >= 15 is 0 Å². The molecule has 166 valence electrons. The summed E-state index contributed by atoms with van der Waals surface area (Å²) in [7, 11) is 0. The van der Waals surface area contributed by atoms with Gasteiger partial charge in [0, 0.05) is 27.9 Å². The average molecular weight is 486 g/mol. The highest BCUT2D eigenvalue weighted by Gasteiger charge is 2.26. The van der Waals surface area contributed by atoms with Crippen molar-refractivity contribution in [3.63, 3.8) is 0 Å². The summed E-state index contributed by atoms with van der Waals surface area (Å²) in [5.74, 6) is 2.09. The van der Waals surface area contributed by atoms with E-state index in [-0.39, 0.29) is 5.25 Å². The molecular formula is C23H24ClN5OS2. The molecule has 0 bridgehead atoms. The minimum atomic E-state index is -0.0448. The van der Waals surface area contributed by atoms with E-state index < -0.39 is 0 Å². The fourth-order valence-corrected chi connectivity index (χ4v) is 5.99. The molecule has 5 rings (SSSR count). The van der Waals surface area contributed by atoms with Crippen LogP contribution in [0, 0.1) is 0 Å². The highest BCUT2D eigenvalue weighted by molar-refractivity contribution is 7.99. The SMILES string of the molecule is C[C@H](Sc1nnc(Cc2cccs2)n1C1CCCCC1)c1nnc(-c2cccc(Cl)c2)o1.